The predicted molar refractivity (Wildman–Crippen MR) is 47.2 cm³/mol. The van der Waals surface area contributed by atoms with E-state index in [-0.39, 0.29) is 6.61 Å². The highest BCUT2D eigenvalue weighted by molar-refractivity contribution is 6.32. The molecule has 0 fully saturated rings. The molecule has 0 atom stereocenters. The van der Waals surface area contributed by atoms with E-state index in [1.54, 1.807) is 0 Å². The summed E-state index contributed by atoms with van der Waals surface area (Å²) in [5, 5.41) is 8.46. The molecule has 3 heteroatoms. The Labute approximate surface area is 67.2 Å². The Morgan fingerprint density at radius 2 is 1.91 bits per heavy atom. The lowest BCUT2D eigenvalue weighted by Gasteiger charge is -2.02. The van der Waals surface area contributed by atoms with Crippen molar-refractivity contribution in [2.24, 2.45) is 0 Å². The van der Waals surface area contributed by atoms with Crippen LogP contribution in [0.5, 0.6) is 5.75 Å². The van der Waals surface area contributed by atoms with Crippen LogP contribution in [0.2, 0.25) is 0 Å². The largest absolute Gasteiger partial charge is 0.491 e. The average Bonchev–Trinajstić information content (AvgIpc) is 2.04. The Bertz CT molecular complexity index is 208. The fourth-order valence-corrected chi connectivity index (χ4v) is 0.798. The van der Waals surface area contributed by atoms with Crippen LogP contribution in [0, 0.1) is 0 Å². The average molecular weight is 150 g/mol. The van der Waals surface area contributed by atoms with Crippen molar-refractivity contribution in [3.8, 4) is 5.75 Å². The van der Waals surface area contributed by atoms with Crippen LogP contribution >= 0.6 is 0 Å². The first-order valence-corrected chi connectivity index (χ1v) is 3.63. The maximum absolute atomic E-state index is 8.46. The van der Waals surface area contributed by atoms with Crippen LogP contribution in [-0.2, 0) is 0 Å². The lowest BCUT2D eigenvalue weighted by Crippen LogP contribution is -2.04. The van der Waals surface area contributed by atoms with E-state index in [1.807, 2.05) is 32.1 Å². The molecule has 0 spiro atoms. The molecular formula is C8H11BO2. The Morgan fingerprint density at radius 1 is 1.27 bits per heavy atom. The van der Waals surface area contributed by atoms with Gasteiger partial charge >= 0.3 is 0 Å². The summed E-state index contributed by atoms with van der Waals surface area (Å²) in [6, 6.07) is 7.75. The van der Waals surface area contributed by atoms with Crippen molar-refractivity contribution in [1.29, 1.82) is 0 Å². The van der Waals surface area contributed by atoms with Gasteiger partial charge in [0, 0.05) is 0 Å². The van der Waals surface area contributed by atoms with E-state index < -0.39 is 0 Å². The number of rotatable bonds is 3. The first-order chi connectivity index (χ1) is 5.33. The van der Waals surface area contributed by atoms with Crippen molar-refractivity contribution in [2.75, 3.05) is 13.2 Å². The normalized spacial score (nSPS) is 9.55. The Hall–Kier alpha value is -0.955. The summed E-state index contributed by atoms with van der Waals surface area (Å²) in [4.78, 5) is 0. The standard InChI is InChI=1S/C8H11BO2/c9-7-1-3-8(4-2-7)11-6-5-10/h1-4,10H,5-6,9H2. The second kappa shape index (κ2) is 4.03. The van der Waals surface area contributed by atoms with Gasteiger partial charge < -0.3 is 9.84 Å². The highest BCUT2D eigenvalue weighted by Crippen LogP contribution is 2.05. The van der Waals surface area contributed by atoms with Gasteiger partial charge in [0.05, 0.1) is 6.61 Å². The summed E-state index contributed by atoms with van der Waals surface area (Å²) in [6.07, 6.45) is 0. The number of aliphatic hydroxyl groups excluding tert-OH is 1. The predicted octanol–water partition coefficient (Wildman–Crippen LogP) is -0.684. The molecule has 1 aromatic rings. The minimum atomic E-state index is 0.0634. The van der Waals surface area contributed by atoms with Crippen molar-refractivity contribution in [3.05, 3.63) is 24.3 Å². The fourth-order valence-electron chi connectivity index (χ4n) is 0.798. The highest BCUT2D eigenvalue weighted by atomic mass is 16.5. The molecule has 1 aromatic carbocycles. The van der Waals surface area contributed by atoms with Gasteiger partial charge in [-0.15, -0.1) is 0 Å². The second-order valence-corrected chi connectivity index (χ2v) is 2.39. The van der Waals surface area contributed by atoms with Crippen molar-refractivity contribution in [1.82, 2.24) is 0 Å². The molecule has 0 amide bonds. The molecular weight excluding hydrogens is 139 g/mol. The van der Waals surface area contributed by atoms with Gasteiger partial charge in [0.25, 0.3) is 0 Å². The first-order valence-electron chi connectivity index (χ1n) is 3.63. The molecule has 1 N–H and O–H groups in total. The van der Waals surface area contributed by atoms with Gasteiger partial charge in [0.2, 0.25) is 0 Å². The Kier molecular flexibility index (Phi) is 2.99. The molecule has 0 saturated carbocycles. The number of benzene rings is 1. The Balaban J connectivity index is 2.52. The number of ether oxygens (including phenoxy) is 1. The van der Waals surface area contributed by atoms with Crippen molar-refractivity contribution < 1.29 is 9.84 Å². The summed E-state index contributed by atoms with van der Waals surface area (Å²) < 4.78 is 5.16. The van der Waals surface area contributed by atoms with Gasteiger partial charge in [-0.2, -0.15) is 0 Å². The molecule has 0 saturated heterocycles. The molecule has 1 rings (SSSR count). The summed E-state index contributed by atoms with van der Waals surface area (Å²) in [7, 11) is 2.02. The molecule has 0 heterocycles. The van der Waals surface area contributed by atoms with E-state index in [0.29, 0.717) is 6.61 Å². The van der Waals surface area contributed by atoms with Gasteiger partial charge in [0.1, 0.15) is 20.2 Å². The third kappa shape index (κ3) is 2.64. The quantitative estimate of drug-likeness (QED) is 0.578. The summed E-state index contributed by atoms with van der Waals surface area (Å²) in [6.45, 7) is 0.428. The highest BCUT2D eigenvalue weighted by Gasteiger charge is 1.90. The smallest absolute Gasteiger partial charge is 0.139 e. The number of aliphatic hydroxyl groups is 1. The summed E-state index contributed by atoms with van der Waals surface area (Å²) >= 11 is 0. The molecule has 0 bridgehead atoms. The first kappa shape index (κ1) is 8.14. The lowest BCUT2D eigenvalue weighted by molar-refractivity contribution is 0.201. The molecule has 0 aliphatic heterocycles. The molecule has 0 aliphatic carbocycles. The van der Waals surface area contributed by atoms with Crippen molar-refractivity contribution in [2.45, 2.75) is 0 Å². The van der Waals surface area contributed by atoms with Crippen LogP contribution in [-0.4, -0.2) is 26.2 Å². The fraction of sp³-hybridized carbons (Fsp3) is 0.250. The van der Waals surface area contributed by atoms with Crippen LogP contribution in [0.1, 0.15) is 0 Å². The van der Waals surface area contributed by atoms with E-state index in [4.69, 9.17) is 9.84 Å². The Morgan fingerprint density at radius 3 is 2.45 bits per heavy atom. The molecule has 0 aromatic heterocycles. The van der Waals surface area contributed by atoms with Crippen molar-refractivity contribution >= 4 is 13.3 Å². The van der Waals surface area contributed by atoms with E-state index in [2.05, 4.69) is 0 Å². The van der Waals surface area contributed by atoms with Gasteiger partial charge in [-0.3, -0.25) is 0 Å². The van der Waals surface area contributed by atoms with Crippen LogP contribution in [0.25, 0.3) is 0 Å². The SMILES string of the molecule is Bc1ccc(OCCO)cc1. The molecule has 0 aliphatic rings. The lowest BCUT2D eigenvalue weighted by atomic mass is 9.97. The third-order valence-corrected chi connectivity index (χ3v) is 1.38. The number of hydrogen-bond acceptors (Lipinski definition) is 2. The third-order valence-electron chi connectivity index (χ3n) is 1.38. The number of hydrogen-bond donors (Lipinski definition) is 1. The van der Waals surface area contributed by atoms with E-state index in [9.17, 15) is 0 Å². The summed E-state index contributed by atoms with van der Waals surface area (Å²) in [5.74, 6) is 0.810. The van der Waals surface area contributed by atoms with E-state index >= 15 is 0 Å². The maximum Gasteiger partial charge on any atom is 0.139 e. The minimum absolute atomic E-state index is 0.0634. The zero-order valence-corrected chi connectivity index (χ0v) is 6.58. The van der Waals surface area contributed by atoms with Crippen LogP contribution in [0.3, 0.4) is 0 Å². The van der Waals surface area contributed by atoms with Gasteiger partial charge in [0.15, 0.2) is 0 Å². The summed E-state index contributed by atoms with van der Waals surface area (Å²) in [5.41, 5.74) is 1.21. The molecule has 2 nitrogen and oxygen atoms in total. The maximum atomic E-state index is 8.46. The topological polar surface area (TPSA) is 29.5 Å². The minimum Gasteiger partial charge on any atom is -0.491 e. The zero-order valence-electron chi connectivity index (χ0n) is 6.58. The van der Waals surface area contributed by atoms with Gasteiger partial charge in [-0.1, -0.05) is 17.6 Å². The molecule has 0 radical (unpaired) electrons. The van der Waals surface area contributed by atoms with Crippen LogP contribution in [0.15, 0.2) is 24.3 Å². The second-order valence-electron chi connectivity index (χ2n) is 2.39. The van der Waals surface area contributed by atoms with Gasteiger partial charge in [-0.05, 0) is 12.1 Å². The van der Waals surface area contributed by atoms with Crippen LogP contribution in [0.4, 0.5) is 0 Å². The zero-order chi connectivity index (χ0) is 8.10. The molecule has 58 valence electrons. The van der Waals surface area contributed by atoms with Gasteiger partial charge in [-0.25, -0.2) is 0 Å². The van der Waals surface area contributed by atoms with Crippen molar-refractivity contribution in [3.63, 3.8) is 0 Å². The van der Waals surface area contributed by atoms with E-state index in [0.717, 1.165) is 5.75 Å². The molecule has 11 heavy (non-hydrogen) atoms. The molecule has 0 unspecified atom stereocenters. The van der Waals surface area contributed by atoms with E-state index in [1.165, 1.54) is 5.46 Å². The monoisotopic (exact) mass is 150 g/mol. The van der Waals surface area contributed by atoms with Crippen LogP contribution < -0.4 is 10.2 Å².